The molecule has 1 unspecified atom stereocenters. The van der Waals surface area contributed by atoms with Crippen molar-refractivity contribution in [3.63, 3.8) is 0 Å². The number of carbonyl (C=O) groups excluding carboxylic acids is 2. The van der Waals surface area contributed by atoms with Crippen LogP contribution in [-0.4, -0.2) is 36.9 Å². The van der Waals surface area contributed by atoms with Gasteiger partial charge in [-0.05, 0) is 6.92 Å². The Morgan fingerprint density at radius 2 is 2.08 bits per heavy atom. The molecule has 0 bridgehead atoms. The summed E-state index contributed by atoms with van der Waals surface area (Å²) in [6.45, 7) is 1.91. The Labute approximate surface area is 76.6 Å². The Hall–Kier alpha value is -0.940. The van der Waals surface area contributed by atoms with Gasteiger partial charge in [-0.1, -0.05) is 0 Å². The number of aliphatic hydroxyl groups is 1. The van der Waals surface area contributed by atoms with Gasteiger partial charge in [-0.3, -0.25) is 9.59 Å². The average molecular weight is 190 g/mol. The molecule has 0 amide bonds. The lowest BCUT2D eigenvalue weighted by atomic mass is 10.2. The van der Waals surface area contributed by atoms with E-state index in [4.69, 9.17) is 5.11 Å². The fourth-order valence-electron chi connectivity index (χ4n) is 0.723. The second-order valence-electron chi connectivity index (χ2n) is 2.41. The molecule has 0 fully saturated rings. The molecule has 0 aliphatic heterocycles. The Balaban J connectivity index is 3.67. The minimum absolute atomic E-state index is 0.185. The van der Waals surface area contributed by atoms with Gasteiger partial charge in [0, 0.05) is 7.11 Å². The Bertz CT molecular complexity index is 177. The molecule has 0 spiro atoms. The van der Waals surface area contributed by atoms with E-state index in [-0.39, 0.29) is 19.4 Å². The van der Waals surface area contributed by atoms with Crippen molar-refractivity contribution in [3.05, 3.63) is 0 Å². The molecule has 0 rings (SSSR count). The first kappa shape index (κ1) is 12.1. The van der Waals surface area contributed by atoms with Crippen molar-refractivity contribution >= 4 is 11.8 Å². The first-order chi connectivity index (χ1) is 6.10. The molecule has 76 valence electrons. The van der Waals surface area contributed by atoms with Crippen LogP contribution in [-0.2, 0) is 19.1 Å². The molecule has 1 N–H and O–H groups in total. The molecule has 0 saturated heterocycles. The van der Waals surface area contributed by atoms with Crippen molar-refractivity contribution in [2.24, 2.45) is 0 Å². The van der Waals surface area contributed by atoms with E-state index < -0.39 is 18.0 Å². The van der Waals surface area contributed by atoms with Gasteiger partial charge in [-0.25, -0.2) is 0 Å². The van der Waals surface area contributed by atoms with Crippen molar-refractivity contribution in [1.29, 1.82) is 0 Å². The quantitative estimate of drug-likeness (QED) is 0.358. The third kappa shape index (κ3) is 6.24. The van der Waals surface area contributed by atoms with Crippen molar-refractivity contribution < 1.29 is 24.2 Å². The summed E-state index contributed by atoms with van der Waals surface area (Å²) in [6.07, 6.45) is -1.63. The van der Waals surface area contributed by atoms with E-state index >= 15 is 0 Å². The summed E-state index contributed by atoms with van der Waals surface area (Å²) in [4.78, 5) is 21.7. The van der Waals surface area contributed by atoms with E-state index in [9.17, 15) is 9.59 Å². The monoisotopic (exact) mass is 190 g/mol. The molecule has 5 nitrogen and oxygen atoms in total. The molecule has 0 aromatic carbocycles. The van der Waals surface area contributed by atoms with Crippen LogP contribution in [0.3, 0.4) is 0 Å². The lowest BCUT2D eigenvalue weighted by Crippen LogP contribution is -2.18. The Morgan fingerprint density at radius 1 is 1.46 bits per heavy atom. The summed E-state index contributed by atoms with van der Waals surface area (Å²) in [5, 5.41) is 8.88. The number of hydrogen-bond acceptors (Lipinski definition) is 5. The van der Waals surface area contributed by atoms with Gasteiger partial charge in [0.25, 0.3) is 0 Å². The summed E-state index contributed by atoms with van der Waals surface area (Å²) >= 11 is 0. The second-order valence-corrected chi connectivity index (χ2v) is 2.41. The highest BCUT2D eigenvalue weighted by Crippen LogP contribution is 1.98. The number of Topliss-reactive ketones (excluding diaryl/α,β-unsaturated/α-hetero) is 1. The third-order valence-electron chi connectivity index (χ3n) is 1.32. The van der Waals surface area contributed by atoms with Gasteiger partial charge in [0.1, 0.15) is 12.2 Å². The predicted molar refractivity (Wildman–Crippen MR) is 43.9 cm³/mol. The first-order valence-electron chi connectivity index (χ1n) is 3.98. The lowest BCUT2D eigenvalue weighted by Gasteiger charge is -2.06. The molecular weight excluding hydrogens is 176 g/mol. The molecule has 0 aromatic rings. The molecular formula is C8H14O5. The first-order valence-corrected chi connectivity index (χ1v) is 3.98. The highest BCUT2D eigenvalue weighted by atomic mass is 16.6. The number of ether oxygens (including phenoxy) is 2. The number of aliphatic hydroxyl groups excluding tert-OH is 1. The largest absolute Gasteiger partial charge is 0.466 e. The molecule has 0 aromatic heterocycles. The van der Waals surface area contributed by atoms with E-state index in [0.717, 1.165) is 0 Å². The molecule has 0 saturated carbocycles. The molecule has 0 heterocycles. The molecule has 0 radical (unpaired) electrons. The van der Waals surface area contributed by atoms with Gasteiger partial charge in [0.15, 0.2) is 6.29 Å². The minimum atomic E-state index is -1.14. The Morgan fingerprint density at radius 3 is 2.54 bits per heavy atom. The van der Waals surface area contributed by atoms with E-state index in [2.05, 4.69) is 9.47 Å². The maximum Gasteiger partial charge on any atom is 0.313 e. The van der Waals surface area contributed by atoms with E-state index in [1.165, 1.54) is 7.11 Å². The molecule has 5 heteroatoms. The van der Waals surface area contributed by atoms with Gasteiger partial charge in [-0.15, -0.1) is 0 Å². The maximum atomic E-state index is 11.0. The van der Waals surface area contributed by atoms with Crippen molar-refractivity contribution in [2.75, 3.05) is 13.7 Å². The number of hydrogen-bond donors (Lipinski definition) is 1. The zero-order chi connectivity index (χ0) is 10.3. The van der Waals surface area contributed by atoms with Crippen LogP contribution >= 0.6 is 0 Å². The highest BCUT2D eigenvalue weighted by molar-refractivity contribution is 5.95. The molecule has 0 aliphatic carbocycles. The molecule has 0 aliphatic rings. The van der Waals surface area contributed by atoms with Crippen molar-refractivity contribution in [3.8, 4) is 0 Å². The van der Waals surface area contributed by atoms with E-state index in [1.54, 1.807) is 6.92 Å². The van der Waals surface area contributed by atoms with E-state index in [0.29, 0.717) is 0 Å². The van der Waals surface area contributed by atoms with Crippen LogP contribution in [0.1, 0.15) is 19.8 Å². The maximum absolute atomic E-state index is 11.0. The van der Waals surface area contributed by atoms with Gasteiger partial charge in [0.05, 0.1) is 13.0 Å². The highest BCUT2D eigenvalue weighted by Gasteiger charge is 2.14. The van der Waals surface area contributed by atoms with Crippen LogP contribution in [0, 0.1) is 0 Å². The van der Waals surface area contributed by atoms with Crippen LogP contribution in [0.25, 0.3) is 0 Å². The zero-order valence-corrected chi connectivity index (χ0v) is 7.78. The summed E-state index contributed by atoms with van der Waals surface area (Å²) < 4.78 is 8.99. The standard InChI is InChI=1S/C8H14O5/c1-3-13-8(11)5-6(9)4-7(10)12-2/h7,10H,3-5H2,1-2H3. The fraction of sp³-hybridized carbons (Fsp3) is 0.750. The number of esters is 1. The number of methoxy groups -OCH3 is 1. The van der Waals surface area contributed by atoms with Gasteiger partial charge < -0.3 is 14.6 Å². The summed E-state index contributed by atoms with van der Waals surface area (Å²) in [7, 11) is 1.28. The van der Waals surface area contributed by atoms with Gasteiger partial charge >= 0.3 is 5.97 Å². The van der Waals surface area contributed by atoms with E-state index in [1.807, 2.05) is 0 Å². The van der Waals surface area contributed by atoms with Crippen molar-refractivity contribution in [1.82, 2.24) is 0 Å². The predicted octanol–water partition coefficient (Wildman–Crippen LogP) is -0.136. The zero-order valence-electron chi connectivity index (χ0n) is 7.78. The summed E-state index contributed by atoms with van der Waals surface area (Å²) in [6, 6.07) is 0. The van der Waals surface area contributed by atoms with Crippen LogP contribution in [0.15, 0.2) is 0 Å². The fourth-order valence-corrected chi connectivity index (χ4v) is 0.723. The van der Waals surface area contributed by atoms with Gasteiger partial charge in [-0.2, -0.15) is 0 Å². The van der Waals surface area contributed by atoms with Crippen LogP contribution in [0.4, 0.5) is 0 Å². The van der Waals surface area contributed by atoms with Crippen molar-refractivity contribution in [2.45, 2.75) is 26.1 Å². The smallest absolute Gasteiger partial charge is 0.313 e. The number of carbonyl (C=O) groups is 2. The minimum Gasteiger partial charge on any atom is -0.466 e. The third-order valence-corrected chi connectivity index (χ3v) is 1.32. The number of rotatable bonds is 6. The lowest BCUT2D eigenvalue weighted by molar-refractivity contribution is -0.147. The van der Waals surface area contributed by atoms with Crippen LogP contribution < -0.4 is 0 Å². The second kappa shape index (κ2) is 6.56. The van der Waals surface area contributed by atoms with Gasteiger partial charge in [0.2, 0.25) is 0 Å². The molecule has 13 heavy (non-hydrogen) atoms. The van der Waals surface area contributed by atoms with Crippen LogP contribution in [0.5, 0.6) is 0 Å². The topological polar surface area (TPSA) is 72.8 Å². The summed E-state index contributed by atoms with van der Waals surface area (Å²) in [5.41, 5.74) is 0. The normalized spacial score (nSPS) is 12.2. The number of ketones is 1. The Kier molecular flexibility index (Phi) is 6.09. The van der Waals surface area contributed by atoms with Crippen LogP contribution in [0.2, 0.25) is 0 Å². The average Bonchev–Trinajstić information content (AvgIpc) is 2.04. The SMILES string of the molecule is CCOC(=O)CC(=O)CC(O)OC. The molecule has 1 atom stereocenters. The summed E-state index contributed by atoms with van der Waals surface area (Å²) in [5.74, 6) is -0.969.